The molecule has 1 aromatic heterocycles. The summed E-state index contributed by atoms with van der Waals surface area (Å²) in [5, 5.41) is 3.72. The average molecular weight is 397 g/mol. The highest BCUT2D eigenvalue weighted by Gasteiger charge is 2.22. The van der Waals surface area contributed by atoms with E-state index in [2.05, 4.69) is 72.1 Å². The molecule has 3 rings (SSSR count). The van der Waals surface area contributed by atoms with Crippen LogP contribution in [0.15, 0.2) is 30.3 Å². The van der Waals surface area contributed by atoms with E-state index >= 15 is 0 Å². The van der Waals surface area contributed by atoms with E-state index in [0.717, 1.165) is 0 Å². The highest BCUT2D eigenvalue weighted by Crippen LogP contribution is 2.38. The van der Waals surface area contributed by atoms with Gasteiger partial charge in [-0.05, 0) is 77.1 Å². The van der Waals surface area contributed by atoms with Crippen molar-refractivity contribution in [3.05, 3.63) is 49.2 Å². The Morgan fingerprint density at radius 2 is 2.00 bits per heavy atom. The van der Waals surface area contributed by atoms with Gasteiger partial charge in [-0.1, -0.05) is 26.0 Å². The molecule has 1 aliphatic rings. The molecule has 1 nitrogen and oxygen atoms in total. The topological polar surface area (TPSA) is 12.0 Å². The van der Waals surface area contributed by atoms with Crippen LogP contribution in [0.2, 0.25) is 0 Å². The third-order valence-electron chi connectivity index (χ3n) is 4.00. The average Bonchev–Trinajstić information content (AvgIpc) is 2.81. The molecule has 3 heteroatoms. The molecule has 1 atom stereocenters. The summed E-state index contributed by atoms with van der Waals surface area (Å²) in [6, 6.07) is 11.8. The SMILES string of the molecule is CC(C)c1ccc(NC2CCCc3sc(I)cc32)cc1. The first-order valence-corrected chi connectivity index (χ1v) is 9.17. The van der Waals surface area contributed by atoms with Gasteiger partial charge in [0, 0.05) is 10.6 Å². The number of fused-ring (bicyclic) bond motifs is 1. The lowest BCUT2D eigenvalue weighted by atomic mass is 9.93. The zero-order chi connectivity index (χ0) is 14.1. The maximum Gasteiger partial charge on any atom is 0.0660 e. The summed E-state index contributed by atoms with van der Waals surface area (Å²) in [4.78, 5) is 1.58. The highest BCUT2D eigenvalue weighted by atomic mass is 127. The first-order valence-electron chi connectivity index (χ1n) is 7.28. The first kappa shape index (κ1) is 14.4. The van der Waals surface area contributed by atoms with Crippen molar-refractivity contribution < 1.29 is 0 Å². The van der Waals surface area contributed by atoms with Gasteiger partial charge in [-0.3, -0.25) is 0 Å². The molecule has 0 radical (unpaired) electrons. The van der Waals surface area contributed by atoms with Crippen molar-refractivity contribution in [3.8, 4) is 0 Å². The Hall–Kier alpha value is -0.550. The Bertz CT molecular complexity index is 586. The smallest absolute Gasteiger partial charge is 0.0660 e. The molecule has 20 heavy (non-hydrogen) atoms. The molecular weight excluding hydrogens is 377 g/mol. The third-order valence-corrected chi connectivity index (χ3v) is 5.97. The summed E-state index contributed by atoms with van der Waals surface area (Å²) in [5.74, 6) is 0.601. The molecule has 0 spiro atoms. The molecule has 0 saturated heterocycles. The lowest BCUT2D eigenvalue weighted by molar-refractivity contribution is 0.609. The van der Waals surface area contributed by atoms with Crippen LogP contribution < -0.4 is 5.32 Å². The summed E-state index contributed by atoms with van der Waals surface area (Å²) in [6.45, 7) is 4.48. The number of nitrogens with one attached hydrogen (secondary N) is 1. The van der Waals surface area contributed by atoms with Crippen LogP contribution >= 0.6 is 33.9 Å². The van der Waals surface area contributed by atoms with Crippen molar-refractivity contribution >= 4 is 39.6 Å². The number of anilines is 1. The second-order valence-corrected chi connectivity index (χ2v) is 8.83. The first-order chi connectivity index (χ1) is 9.63. The minimum Gasteiger partial charge on any atom is -0.378 e. The Morgan fingerprint density at radius 1 is 1.25 bits per heavy atom. The number of benzene rings is 1. The van der Waals surface area contributed by atoms with Crippen LogP contribution in [0.25, 0.3) is 0 Å². The summed E-state index contributed by atoms with van der Waals surface area (Å²) < 4.78 is 1.41. The van der Waals surface area contributed by atoms with Crippen molar-refractivity contribution in [1.29, 1.82) is 0 Å². The quantitative estimate of drug-likeness (QED) is 0.630. The third kappa shape index (κ3) is 3.03. The highest BCUT2D eigenvalue weighted by molar-refractivity contribution is 14.1. The zero-order valence-electron chi connectivity index (χ0n) is 11.9. The van der Waals surface area contributed by atoms with Crippen LogP contribution in [-0.2, 0) is 6.42 Å². The molecule has 0 amide bonds. The zero-order valence-corrected chi connectivity index (χ0v) is 14.9. The summed E-state index contributed by atoms with van der Waals surface area (Å²) >= 11 is 4.40. The Kier molecular flexibility index (Phi) is 4.36. The Morgan fingerprint density at radius 3 is 2.70 bits per heavy atom. The van der Waals surface area contributed by atoms with Gasteiger partial charge in [0.2, 0.25) is 0 Å². The fourth-order valence-corrected chi connectivity index (χ4v) is 4.96. The number of aryl methyl sites for hydroxylation is 1. The molecule has 2 aromatic rings. The lowest BCUT2D eigenvalue weighted by Gasteiger charge is -2.24. The van der Waals surface area contributed by atoms with E-state index in [1.165, 1.54) is 39.0 Å². The lowest BCUT2D eigenvalue weighted by Crippen LogP contribution is -2.15. The summed E-state index contributed by atoms with van der Waals surface area (Å²) in [6.07, 6.45) is 3.80. The molecular formula is C17H20INS. The Balaban J connectivity index is 1.78. The molecule has 0 aliphatic heterocycles. The van der Waals surface area contributed by atoms with Gasteiger partial charge in [0.1, 0.15) is 0 Å². The van der Waals surface area contributed by atoms with E-state index in [1.54, 1.807) is 4.88 Å². The minimum absolute atomic E-state index is 0.489. The van der Waals surface area contributed by atoms with Crippen LogP contribution in [-0.4, -0.2) is 0 Å². The van der Waals surface area contributed by atoms with E-state index in [4.69, 9.17) is 0 Å². The molecule has 0 saturated carbocycles. The maximum absolute atomic E-state index is 3.72. The number of thiophene rings is 1. The van der Waals surface area contributed by atoms with E-state index in [9.17, 15) is 0 Å². The van der Waals surface area contributed by atoms with Gasteiger partial charge in [0.15, 0.2) is 0 Å². The molecule has 106 valence electrons. The summed E-state index contributed by atoms with van der Waals surface area (Å²) in [7, 11) is 0. The van der Waals surface area contributed by atoms with Crippen molar-refractivity contribution in [2.75, 3.05) is 5.32 Å². The monoisotopic (exact) mass is 397 g/mol. The second-order valence-electron chi connectivity index (χ2n) is 5.79. The van der Waals surface area contributed by atoms with Gasteiger partial charge in [0.05, 0.1) is 8.93 Å². The van der Waals surface area contributed by atoms with Crippen LogP contribution in [0.4, 0.5) is 5.69 Å². The molecule has 0 fully saturated rings. The molecule has 0 bridgehead atoms. The molecule has 1 unspecified atom stereocenters. The van der Waals surface area contributed by atoms with Gasteiger partial charge in [0.25, 0.3) is 0 Å². The normalized spacial score (nSPS) is 18.1. The molecule has 1 N–H and O–H groups in total. The van der Waals surface area contributed by atoms with Crippen LogP contribution in [0, 0.1) is 2.88 Å². The predicted octanol–water partition coefficient (Wildman–Crippen LogP) is 5.97. The van der Waals surface area contributed by atoms with Gasteiger partial charge in [-0.25, -0.2) is 0 Å². The van der Waals surface area contributed by atoms with Gasteiger partial charge in [-0.15, -0.1) is 11.3 Å². The van der Waals surface area contributed by atoms with Gasteiger partial charge >= 0.3 is 0 Å². The van der Waals surface area contributed by atoms with E-state index in [1.807, 2.05) is 11.3 Å². The van der Waals surface area contributed by atoms with Crippen LogP contribution in [0.5, 0.6) is 0 Å². The maximum atomic E-state index is 3.72. The van der Waals surface area contributed by atoms with Gasteiger partial charge in [-0.2, -0.15) is 0 Å². The fraction of sp³-hybridized carbons (Fsp3) is 0.412. The number of hydrogen-bond acceptors (Lipinski definition) is 2. The van der Waals surface area contributed by atoms with Crippen LogP contribution in [0.1, 0.15) is 54.7 Å². The van der Waals surface area contributed by atoms with E-state index < -0.39 is 0 Å². The minimum atomic E-state index is 0.489. The second kappa shape index (κ2) is 6.06. The number of halogens is 1. The Labute approximate surface area is 138 Å². The van der Waals surface area contributed by atoms with E-state index in [-0.39, 0.29) is 0 Å². The largest absolute Gasteiger partial charge is 0.378 e. The van der Waals surface area contributed by atoms with Crippen molar-refractivity contribution in [2.24, 2.45) is 0 Å². The fourth-order valence-electron chi connectivity index (χ4n) is 2.84. The van der Waals surface area contributed by atoms with Crippen molar-refractivity contribution in [2.45, 2.75) is 45.1 Å². The summed E-state index contributed by atoms with van der Waals surface area (Å²) in [5.41, 5.74) is 4.18. The number of rotatable bonds is 3. The standard InChI is InChI=1S/C17H20INS/c1-11(2)12-6-8-13(9-7-12)19-15-4-3-5-16-14(15)10-17(18)20-16/h6-11,15,19H,3-5H2,1-2H3. The number of hydrogen-bond donors (Lipinski definition) is 1. The predicted molar refractivity (Wildman–Crippen MR) is 96.9 cm³/mol. The van der Waals surface area contributed by atoms with Crippen LogP contribution in [0.3, 0.4) is 0 Å². The molecule has 1 heterocycles. The van der Waals surface area contributed by atoms with E-state index in [0.29, 0.717) is 12.0 Å². The van der Waals surface area contributed by atoms with Crippen molar-refractivity contribution in [1.82, 2.24) is 0 Å². The van der Waals surface area contributed by atoms with Crippen molar-refractivity contribution in [3.63, 3.8) is 0 Å². The molecule has 1 aromatic carbocycles. The molecule has 1 aliphatic carbocycles. The van der Waals surface area contributed by atoms with Gasteiger partial charge < -0.3 is 5.32 Å².